The Morgan fingerprint density at radius 3 is 2.47 bits per heavy atom. The van der Waals surface area contributed by atoms with Crippen LogP contribution in [0.2, 0.25) is 0 Å². The Hall–Kier alpha value is -2.18. The predicted molar refractivity (Wildman–Crippen MR) is 66.1 cm³/mol. The number of carboxylic acid groups (broad SMARTS) is 1. The first-order chi connectivity index (χ1) is 9.00. The molecule has 1 aliphatic rings. The molecule has 0 aliphatic carbocycles. The van der Waals surface area contributed by atoms with Crippen molar-refractivity contribution in [3.63, 3.8) is 0 Å². The van der Waals surface area contributed by atoms with Crippen molar-refractivity contribution in [1.82, 2.24) is 0 Å². The van der Waals surface area contributed by atoms with Crippen molar-refractivity contribution < 1.29 is 19.2 Å². The third kappa shape index (κ3) is 2.64. The zero-order chi connectivity index (χ0) is 14.0. The second kappa shape index (κ2) is 5.21. The molecule has 2 rings (SSSR count). The Morgan fingerprint density at radius 1 is 1.32 bits per heavy atom. The Bertz CT molecular complexity index is 527. The Kier molecular flexibility index (Phi) is 3.64. The Balaban J connectivity index is 2.47. The summed E-state index contributed by atoms with van der Waals surface area (Å²) in [7, 11) is 0. The molecule has 6 nitrogen and oxygen atoms in total. The standard InChI is InChI=1S/C12H13FN2O4/c13-9-7-10(15(18)19)8(12(16)17)6-11(9)14-4-2-1-3-5-14/h6-7H,1-5H2,(H,16,17). The van der Waals surface area contributed by atoms with Gasteiger partial charge in [0, 0.05) is 13.1 Å². The number of hydrogen-bond donors (Lipinski definition) is 1. The van der Waals surface area contributed by atoms with Gasteiger partial charge in [0.15, 0.2) is 5.82 Å². The number of benzene rings is 1. The summed E-state index contributed by atoms with van der Waals surface area (Å²) in [5.74, 6) is -2.18. The van der Waals surface area contributed by atoms with Crippen LogP contribution in [-0.2, 0) is 0 Å². The van der Waals surface area contributed by atoms with E-state index in [1.807, 2.05) is 0 Å². The quantitative estimate of drug-likeness (QED) is 0.672. The van der Waals surface area contributed by atoms with Gasteiger partial charge in [-0.1, -0.05) is 0 Å². The minimum absolute atomic E-state index is 0.128. The molecule has 7 heteroatoms. The van der Waals surface area contributed by atoms with Gasteiger partial charge in [-0.3, -0.25) is 10.1 Å². The summed E-state index contributed by atoms with van der Waals surface area (Å²) >= 11 is 0. The van der Waals surface area contributed by atoms with Crippen LogP contribution in [-0.4, -0.2) is 29.1 Å². The SMILES string of the molecule is O=C(O)c1cc(N2CCCCC2)c(F)cc1[N+](=O)[O-]. The number of halogens is 1. The molecule has 0 bridgehead atoms. The minimum Gasteiger partial charge on any atom is -0.477 e. The number of piperidine rings is 1. The largest absolute Gasteiger partial charge is 0.477 e. The van der Waals surface area contributed by atoms with E-state index in [2.05, 4.69) is 0 Å². The van der Waals surface area contributed by atoms with E-state index in [0.717, 1.165) is 25.3 Å². The molecule has 0 spiro atoms. The van der Waals surface area contributed by atoms with Gasteiger partial charge in [-0.25, -0.2) is 9.18 Å². The highest BCUT2D eigenvalue weighted by Crippen LogP contribution is 2.30. The van der Waals surface area contributed by atoms with Crippen molar-refractivity contribution in [2.24, 2.45) is 0 Å². The van der Waals surface area contributed by atoms with Crippen LogP contribution in [0.25, 0.3) is 0 Å². The van der Waals surface area contributed by atoms with Crippen LogP contribution in [0.1, 0.15) is 29.6 Å². The number of nitro groups is 1. The summed E-state index contributed by atoms with van der Waals surface area (Å²) in [5, 5.41) is 19.7. The van der Waals surface area contributed by atoms with E-state index in [1.54, 1.807) is 4.90 Å². The first-order valence-corrected chi connectivity index (χ1v) is 5.97. The number of carboxylic acids is 1. The molecular formula is C12H13FN2O4. The molecule has 0 atom stereocenters. The zero-order valence-corrected chi connectivity index (χ0v) is 10.1. The molecule has 1 fully saturated rings. The topological polar surface area (TPSA) is 83.7 Å². The number of rotatable bonds is 3. The highest BCUT2D eigenvalue weighted by atomic mass is 19.1. The average molecular weight is 268 g/mol. The number of aromatic carboxylic acids is 1. The summed E-state index contributed by atoms with van der Waals surface area (Å²) in [6.07, 6.45) is 2.86. The summed E-state index contributed by atoms with van der Waals surface area (Å²) in [6.45, 7) is 1.27. The van der Waals surface area contributed by atoms with Gasteiger partial charge < -0.3 is 10.0 Å². The van der Waals surface area contributed by atoms with Crippen molar-refractivity contribution in [3.05, 3.63) is 33.6 Å². The third-order valence-electron chi connectivity index (χ3n) is 3.19. The number of carbonyl (C=O) groups is 1. The first kappa shape index (κ1) is 13.3. The van der Waals surface area contributed by atoms with E-state index < -0.39 is 28.0 Å². The molecule has 0 aromatic heterocycles. The molecule has 1 aliphatic heterocycles. The number of anilines is 1. The van der Waals surface area contributed by atoms with Gasteiger partial charge in [0.05, 0.1) is 16.7 Å². The maximum atomic E-state index is 13.9. The molecule has 0 unspecified atom stereocenters. The van der Waals surface area contributed by atoms with E-state index in [4.69, 9.17) is 5.11 Å². The van der Waals surface area contributed by atoms with Crippen LogP contribution in [0, 0.1) is 15.9 Å². The summed E-state index contributed by atoms with van der Waals surface area (Å²) < 4.78 is 13.9. The summed E-state index contributed by atoms with van der Waals surface area (Å²) in [4.78, 5) is 22.6. The zero-order valence-electron chi connectivity index (χ0n) is 10.1. The molecule has 102 valence electrons. The predicted octanol–water partition coefficient (Wildman–Crippen LogP) is 2.42. The lowest BCUT2D eigenvalue weighted by Crippen LogP contribution is -2.30. The monoisotopic (exact) mass is 268 g/mol. The number of nitrogens with zero attached hydrogens (tertiary/aromatic N) is 2. The fraction of sp³-hybridized carbons (Fsp3) is 0.417. The third-order valence-corrected chi connectivity index (χ3v) is 3.19. The molecule has 1 heterocycles. The van der Waals surface area contributed by atoms with E-state index in [-0.39, 0.29) is 5.69 Å². The summed E-state index contributed by atoms with van der Waals surface area (Å²) in [5.41, 5.74) is -1.07. The van der Waals surface area contributed by atoms with E-state index in [9.17, 15) is 19.3 Å². The normalized spacial score (nSPS) is 15.3. The van der Waals surface area contributed by atoms with Crippen molar-refractivity contribution in [2.45, 2.75) is 19.3 Å². The molecule has 1 aromatic rings. The lowest BCUT2D eigenvalue weighted by Gasteiger charge is -2.29. The van der Waals surface area contributed by atoms with E-state index in [0.29, 0.717) is 19.2 Å². The molecule has 19 heavy (non-hydrogen) atoms. The van der Waals surface area contributed by atoms with Crippen LogP contribution >= 0.6 is 0 Å². The van der Waals surface area contributed by atoms with Crippen LogP contribution in [0.15, 0.2) is 12.1 Å². The molecule has 1 saturated heterocycles. The molecular weight excluding hydrogens is 255 g/mol. The molecule has 1 N–H and O–H groups in total. The van der Waals surface area contributed by atoms with E-state index >= 15 is 0 Å². The van der Waals surface area contributed by atoms with Crippen LogP contribution in [0.4, 0.5) is 15.8 Å². The number of hydrogen-bond acceptors (Lipinski definition) is 4. The van der Waals surface area contributed by atoms with Crippen molar-refractivity contribution in [3.8, 4) is 0 Å². The molecule has 0 saturated carbocycles. The molecule has 1 aromatic carbocycles. The molecule has 0 radical (unpaired) electrons. The highest BCUT2D eigenvalue weighted by Gasteiger charge is 2.25. The van der Waals surface area contributed by atoms with E-state index in [1.165, 1.54) is 0 Å². The Labute approximate surface area is 108 Å². The van der Waals surface area contributed by atoms with Crippen molar-refractivity contribution in [2.75, 3.05) is 18.0 Å². The van der Waals surface area contributed by atoms with Crippen molar-refractivity contribution >= 4 is 17.3 Å². The second-order valence-electron chi connectivity index (χ2n) is 4.43. The fourth-order valence-electron chi connectivity index (χ4n) is 2.25. The Morgan fingerprint density at radius 2 is 1.95 bits per heavy atom. The van der Waals surface area contributed by atoms with Gasteiger partial charge in [0.1, 0.15) is 5.56 Å². The minimum atomic E-state index is -1.43. The van der Waals surface area contributed by atoms with Crippen LogP contribution in [0.5, 0.6) is 0 Å². The van der Waals surface area contributed by atoms with Gasteiger partial charge in [-0.05, 0) is 25.3 Å². The van der Waals surface area contributed by atoms with Crippen LogP contribution in [0.3, 0.4) is 0 Å². The fourth-order valence-corrected chi connectivity index (χ4v) is 2.25. The highest BCUT2D eigenvalue weighted by molar-refractivity contribution is 5.93. The summed E-state index contributed by atoms with van der Waals surface area (Å²) in [6, 6.07) is 1.74. The maximum absolute atomic E-state index is 13.9. The van der Waals surface area contributed by atoms with Crippen LogP contribution < -0.4 is 4.90 Å². The van der Waals surface area contributed by atoms with Crippen molar-refractivity contribution in [1.29, 1.82) is 0 Å². The first-order valence-electron chi connectivity index (χ1n) is 5.97. The van der Waals surface area contributed by atoms with Gasteiger partial charge in [0.25, 0.3) is 5.69 Å². The van der Waals surface area contributed by atoms with Gasteiger partial charge in [-0.2, -0.15) is 0 Å². The average Bonchev–Trinajstić information content (AvgIpc) is 2.39. The van der Waals surface area contributed by atoms with Gasteiger partial charge >= 0.3 is 5.97 Å². The lowest BCUT2D eigenvalue weighted by molar-refractivity contribution is -0.385. The maximum Gasteiger partial charge on any atom is 0.342 e. The molecule has 0 amide bonds. The van der Waals surface area contributed by atoms with Gasteiger partial charge in [-0.15, -0.1) is 0 Å². The van der Waals surface area contributed by atoms with Gasteiger partial charge in [0.2, 0.25) is 0 Å². The smallest absolute Gasteiger partial charge is 0.342 e. The second-order valence-corrected chi connectivity index (χ2v) is 4.43. The number of nitro benzene ring substituents is 1. The lowest BCUT2D eigenvalue weighted by atomic mass is 10.1.